The molecule has 2 atom stereocenters. The molecule has 1 heterocycles. The fraction of sp³-hybridized carbons (Fsp3) is 0.625. The summed E-state index contributed by atoms with van der Waals surface area (Å²) in [6.07, 6.45) is 4.75. The van der Waals surface area contributed by atoms with Gasteiger partial charge in [-0.15, -0.1) is 0 Å². The third-order valence-corrected chi connectivity index (χ3v) is 4.33. The van der Waals surface area contributed by atoms with Gasteiger partial charge in [0.2, 0.25) is 0 Å². The molecule has 0 aliphatic carbocycles. The van der Waals surface area contributed by atoms with Crippen molar-refractivity contribution in [1.82, 2.24) is 5.32 Å². The minimum atomic E-state index is -0.775. The second-order valence-corrected chi connectivity index (χ2v) is 5.80. The molecule has 2 nitrogen and oxygen atoms in total. The first kappa shape index (κ1) is 13.6. The summed E-state index contributed by atoms with van der Waals surface area (Å²) in [5.41, 5.74) is 2.79. The van der Waals surface area contributed by atoms with Gasteiger partial charge in [-0.1, -0.05) is 31.0 Å². The van der Waals surface area contributed by atoms with Crippen LogP contribution in [-0.2, 0) is 5.60 Å². The molecule has 1 saturated heterocycles. The van der Waals surface area contributed by atoms with Crippen LogP contribution in [0, 0.1) is 13.8 Å². The first-order valence-electron chi connectivity index (χ1n) is 7.05. The van der Waals surface area contributed by atoms with Gasteiger partial charge >= 0.3 is 0 Å². The Morgan fingerprint density at radius 2 is 1.94 bits per heavy atom. The molecule has 1 aromatic carbocycles. The van der Waals surface area contributed by atoms with E-state index in [1.807, 2.05) is 6.92 Å². The van der Waals surface area contributed by atoms with Crippen molar-refractivity contribution in [2.45, 2.75) is 58.1 Å². The molecule has 0 aromatic heterocycles. The molecule has 1 fully saturated rings. The van der Waals surface area contributed by atoms with Gasteiger partial charge in [0.15, 0.2) is 0 Å². The van der Waals surface area contributed by atoms with Crippen molar-refractivity contribution in [1.29, 1.82) is 0 Å². The Bertz CT molecular complexity index is 404. The number of hydrogen-bond acceptors (Lipinski definition) is 2. The van der Waals surface area contributed by atoms with Crippen molar-refractivity contribution in [2.24, 2.45) is 0 Å². The second-order valence-electron chi connectivity index (χ2n) is 5.80. The monoisotopic (exact) mass is 247 g/mol. The molecule has 0 saturated carbocycles. The maximum Gasteiger partial charge on any atom is 0.102 e. The van der Waals surface area contributed by atoms with Crippen molar-refractivity contribution < 1.29 is 5.11 Å². The normalized spacial score (nSPS) is 24.3. The third-order valence-electron chi connectivity index (χ3n) is 4.33. The average Bonchev–Trinajstić information content (AvgIpc) is 2.61. The minimum absolute atomic E-state index is 0.169. The largest absolute Gasteiger partial charge is 0.384 e. The summed E-state index contributed by atoms with van der Waals surface area (Å²) >= 11 is 0. The number of aryl methyl sites for hydroxylation is 2. The van der Waals surface area contributed by atoms with Crippen LogP contribution >= 0.6 is 0 Å². The van der Waals surface area contributed by atoms with Crippen LogP contribution in [0.2, 0.25) is 0 Å². The Hall–Kier alpha value is -0.860. The van der Waals surface area contributed by atoms with Gasteiger partial charge in [-0.05, 0) is 56.8 Å². The van der Waals surface area contributed by atoms with Crippen molar-refractivity contribution in [3.63, 3.8) is 0 Å². The lowest BCUT2D eigenvalue weighted by molar-refractivity contribution is 0.0135. The van der Waals surface area contributed by atoms with E-state index in [2.05, 4.69) is 37.4 Å². The van der Waals surface area contributed by atoms with Crippen molar-refractivity contribution in [3.8, 4) is 0 Å². The molecule has 2 unspecified atom stereocenters. The topological polar surface area (TPSA) is 32.3 Å². The van der Waals surface area contributed by atoms with E-state index in [9.17, 15) is 5.11 Å². The fourth-order valence-corrected chi connectivity index (χ4v) is 2.77. The molecule has 1 aliphatic heterocycles. The zero-order valence-corrected chi connectivity index (χ0v) is 11.8. The quantitative estimate of drug-likeness (QED) is 0.842. The first-order chi connectivity index (χ1) is 8.51. The zero-order valence-electron chi connectivity index (χ0n) is 11.8. The molecule has 0 spiro atoms. The average molecular weight is 247 g/mol. The molecule has 2 rings (SSSR count). The Balaban J connectivity index is 2.24. The van der Waals surface area contributed by atoms with Crippen molar-refractivity contribution in [3.05, 3.63) is 34.9 Å². The Morgan fingerprint density at radius 1 is 1.17 bits per heavy atom. The number of hydrogen-bond donors (Lipinski definition) is 2. The maximum absolute atomic E-state index is 10.9. The molecule has 0 bridgehead atoms. The van der Waals surface area contributed by atoms with Crippen LogP contribution in [-0.4, -0.2) is 17.7 Å². The van der Waals surface area contributed by atoms with E-state index in [0.29, 0.717) is 0 Å². The third kappa shape index (κ3) is 2.76. The molecule has 100 valence electrons. The predicted molar refractivity (Wildman–Crippen MR) is 75.7 cm³/mol. The van der Waals surface area contributed by atoms with Gasteiger partial charge in [-0.3, -0.25) is 0 Å². The summed E-state index contributed by atoms with van der Waals surface area (Å²) in [6.45, 7) is 7.18. The highest BCUT2D eigenvalue weighted by atomic mass is 16.3. The SMILES string of the molecule is Cc1ccc(C(C)(O)C2CCCCCN2)cc1C. The van der Waals surface area contributed by atoms with Gasteiger partial charge in [0.05, 0.1) is 0 Å². The summed E-state index contributed by atoms with van der Waals surface area (Å²) in [5, 5.41) is 14.4. The Morgan fingerprint density at radius 3 is 2.67 bits per heavy atom. The standard InChI is InChI=1S/C16H25NO/c1-12-8-9-14(11-13(12)2)16(3,18)15-7-5-4-6-10-17-15/h8-9,11,15,17-18H,4-7,10H2,1-3H3. The number of benzene rings is 1. The van der Waals surface area contributed by atoms with E-state index in [0.717, 1.165) is 18.5 Å². The van der Waals surface area contributed by atoms with Gasteiger partial charge in [-0.25, -0.2) is 0 Å². The van der Waals surface area contributed by atoms with Gasteiger partial charge in [0.1, 0.15) is 5.60 Å². The van der Waals surface area contributed by atoms with Crippen molar-refractivity contribution >= 4 is 0 Å². The van der Waals surface area contributed by atoms with Crippen LogP contribution in [0.15, 0.2) is 18.2 Å². The van der Waals surface area contributed by atoms with E-state index in [-0.39, 0.29) is 6.04 Å². The smallest absolute Gasteiger partial charge is 0.102 e. The minimum Gasteiger partial charge on any atom is -0.384 e. The lowest BCUT2D eigenvalue weighted by Crippen LogP contribution is -2.46. The molecule has 0 amide bonds. The summed E-state index contributed by atoms with van der Waals surface area (Å²) < 4.78 is 0. The van der Waals surface area contributed by atoms with Crippen LogP contribution in [0.3, 0.4) is 0 Å². The van der Waals surface area contributed by atoms with E-state index in [4.69, 9.17) is 0 Å². The first-order valence-corrected chi connectivity index (χ1v) is 7.05. The van der Waals surface area contributed by atoms with Crippen molar-refractivity contribution in [2.75, 3.05) is 6.54 Å². The number of rotatable bonds is 2. The van der Waals surface area contributed by atoms with E-state index in [1.165, 1.54) is 30.4 Å². The maximum atomic E-state index is 10.9. The lowest BCUT2D eigenvalue weighted by Gasteiger charge is -2.34. The van der Waals surface area contributed by atoms with Crippen LogP contribution in [0.5, 0.6) is 0 Å². The van der Waals surface area contributed by atoms with E-state index < -0.39 is 5.60 Å². The van der Waals surface area contributed by atoms with E-state index in [1.54, 1.807) is 0 Å². The van der Waals surface area contributed by atoms with Crippen LogP contribution in [0.25, 0.3) is 0 Å². The van der Waals surface area contributed by atoms with Crippen LogP contribution in [0.1, 0.15) is 49.3 Å². The number of aliphatic hydroxyl groups is 1. The van der Waals surface area contributed by atoms with Crippen LogP contribution < -0.4 is 5.32 Å². The Kier molecular flexibility index (Phi) is 4.08. The Labute approximate surface area is 110 Å². The van der Waals surface area contributed by atoms with Gasteiger partial charge in [-0.2, -0.15) is 0 Å². The highest BCUT2D eigenvalue weighted by Crippen LogP contribution is 2.30. The van der Waals surface area contributed by atoms with Gasteiger partial charge < -0.3 is 10.4 Å². The van der Waals surface area contributed by atoms with Gasteiger partial charge in [0.25, 0.3) is 0 Å². The van der Waals surface area contributed by atoms with Gasteiger partial charge in [0, 0.05) is 6.04 Å². The molecular weight excluding hydrogens is 222 g/mol. The summed E-state index contributed by atoms with van der Waals surface area (Å²) in [5.74, 6) is 0. The highest BCUT2D eigenvalue weighted by Gasteiger charge is 2.33. The summed E-state index contributed by atoms with van der Waals surface area (Å²) in [4.78, 5) is 0. The van der Waals surface area contributed by atoms with E-state index >= 15 is 0 Å². The zero-order chi connectivity index (χ0) is 13.2. The second kappa shape index (κ2) is 5.41. The summed E-state index contributed by atoms with van der Waals surface area (Å²) in [6, 6.07) is 6.47. The molecule has 2 heteroatoms. The fourth-order valence-electron chi connectivity index (χ4n) is 2.77. The molecule has 18 heavy (non-hydrogen) atoms. The number of nitrogens with one attached hydrogen (secondary N) is 1. The summed E-state index contributed by atoms with van der Waals surface area (Å²) in [7, 11) is 0. The lowest BCUT2D eigenvalue weighted by atomic mass is 9.84. The predicted octanol–water partition coefficient (Wildman–Crippen LogP) is 3.04. The highest BCUT2D eigenvalue weighted by molar-refractivity contribution is 5.33. The molecule has 2 N–H and O–H groups in total. The molecule has 1 aromatic rings. The molecule has 1 aliphatic rings. The molecule has 0 radical (unpaired) electrons. The van der Waals surface area contributed by atoms with Crippen LogP contribution in [0.4, 0.5) is 0 Å². The molecular formula is C16H25NO.